The zero-order valence-electron chi connectivity index (χ0n) is 11.8. The minimum atomic E-state index is -3.95. The highest BCUT2D eigenvalue weighted by atomic mass is 35.5. The molecular formula is C13H14ClF2NO5S. The number of ether oxygens (including phenoxy) is 1. The number of hydrogen-bond donors (Lipinski definition) is 1. The molecule has 0 aromatic heterocycles. The molecule has 1 fully saturated rings. The van der Waals surface area contributed by atoms with Gasteiger partial charge in [-0.3, -0.25) is 4.79 Å². The number of carbonyl (C=O) groups is 1. The van der Waals surface area contributed by atoms with Crippen molar-refractivity contribution in [2.24, 2.45) is 5.92 Å². The summed E-state index contributed by atoms with van der Waals surface area (Å²) in [4.78, 5) is 10.8. The SMILES string of the molecule is O=C(O)C1CCCN(S(=O)(=O)c2ccc(OC(F)F)c(Cl)c2)C1. The molecule has 2 rings (SSSR count). The Hall–Kier alpha value is -1.45. The van der Waals surface area contributed by atoms with Crippen LogP contribution in [0.3, 0.4) is 0 Å². The first kappa shape index (κ1) is 17.9. The van der Waals surface area contributed by atoms with Crippen LogP contribution in [0.1, 0.15) is 12.8 Å². The first-order valence-corrected chi connectivity index (χ1v) is 8.51. The van der Waals surface area contributed by atoms with Crippen molar-refractivity contribution < 1.29 is 31.8 Å². The Morgan fingerprint density at radius 1 is 1.43 bits per heavy atom. The monoisotopic (exact) mass is 369 g/mol. The van der Waals surface area contributed by atoms with E-state index in [-0.39, 0.29) is 28.8 Å². The number of piperidine rings is 1. The Labute approximate surface area is 136 Å². The lowest BCUT2D eigenvalue weighted by atomic mass is 10.0. The Morgan fingerprint density at radius 2 is 2.13 bits per heavy atom. The van der Waals surface area contributed by atoms with Crippen LogP contribution in [0, 0.1) is 5.92 Å². The second kappa shape index (κ2) is 6.98. The number of alkyl halides is 2. The van der Waals surface area contributed by atoms with Crippen LogP contribution in [0.4, 0.5) is 8.78 Å². The van der Waals surface area contributed by atoms with Gasteiger partial charge in [0.25, 0.3) is 0 Å². The zero-order valence-corrected chi connectivity index (χ0v) is 13.4. The van der Waals surface area contributed by atoms with E-state index in [2.05, 4.69) is 4.74 Å². The van der Waals surface area contributed by atoms with Crippen LogP contribution < -0.4 is 4.74 Å². The molecule has 6 nitrogen and oxygen atoms in total. The van der Waals surface area contributed by atoms with Crippen molar-refractivity contribution in [2.75, 3.05) is 13.1 Å². The van der Waals surface area contributed by atoms with E-state index in [1.165, 1.54) is 0 Å². The number of hydrogen-bond acceptors (Lipinski definition) is 4. The minimum Gasteiger partial charge on any atom is -0.481 e. The van der Waals surface area contributed by atoms with Crippen LogP contribution in [0.15, 0.2) is 23.1 Å². The zero-order chi connectivity index (χ0) is 17.2. The molecule has 0 amide bonds. The van der Waals surface area contributed by atoms with E-state index in [0.29, 0.717) is 12.8 Å². The van der Waals surface area contributed by atoms with E-state index in [4.69, 9.17) is 16.7 Å². The Morgan fingerprint density at radius 3 is 2.70 bits per heavy atom. The fourth-order valence-corrected chi connectivity index (χ4v) is 4.19. The molecule has 0 radical (unpaired) electrons. The van der Waals surface area contributed by atoms with Gasteiger partial charge in [0.15, 0.2) is 0 Å². The van der Waals surface area contributed by atoms with Crippen LogP contribution in [0.25, 0.3) is 0 Å². The normalized spacial score (nSPS) is 19.7. The molecule has 1 aromatic carbocycles. The summed E-state index contributed by atoms with van der Waals surface area (Å²) in [6.45, 7) is -3.02. The van der Waals surface area contributed by atoms with Gasteiger partial charge in [-0.2, -0.15) is 13.1 Å². The second-order valence-electron chi connectivity index (χ2n) is 5.01. The minimum absolute atomic E-state index is 0.134. The third-order valence-corrected chi connectivity index (χ3v) is 5.65. The first-order valence-electron chi connectivity index (χ1n) is 6.69. The topological polar surface area (TPSA) is 83.9 Å². The van der Waals surface area contributed by atoms with E-state index < -0.39 is 28.5 Å². The molecule has 128 valence electrons. The largest absolute Gasteiger partial charge is 0.481 e. The maximum Gasteiger partial charge on any atom is 0.387 e. The van der Waals surface area contributed by atoms with Gasteiger partial charge < -0.3 is 9.84 Å². The van der Waals surface area contributed by atoms with Gasteiger partial charge in [-0.15, -0.1) is 0 Å². The number of aliphatic carboxylic acids is 1. The van der Waals surface area contributed by atoms with Crippen molar-refractivity contribution in [3.63, 3.8) is 0 Å². The molecule has 0 bridgehead atoms. The highest BCUT2D eigenvalue weighted by Gasteiger charge is 2.33. The van der Waals surface area contributed by atoms with E-state index >= 15 is 0 Å². The summed E-state index contributed by atoms with van der Waals surface area (Å²) in [6.07, 6.45) is 0.833. The summed E-state index contributed by atoms with van der Waals surface area (Å²) < 4.78 is 54.6. The Balaban J connectivity index is 2.25. The molecule has 1 aromatic rings. The molecule has 0 saturated carbocycles. The number of carboxylic acid groups (broad SMARTS) is 1. The third-order valence-electron chi connectivity index (χ3n) is 3.49. The predicted molar refractivity (Wildman–Crippen MR) is 77.2 cm³/mol. The first-order chi connectivity index (χ1) is 10.7. The van der Waals surface area contributed by atoms with Crippen LogP contribution in [-0.2, 0) is 14.8 Å². The average Bonchev–Trinajstić information content (AvgIpc) is 2.49. The van der Waals surface area contributed by atoms with Crippen molar-refractivity contribution in [3.05, 3.63) is 23.2 Å². The fraction of sp³-hybridized carbons (Fsp3) is 0.462. The number of nitrogens with zero attached hydrogens (tertiary/aromatic N) is 1. The van der Waals surface area contributed by atoms with Gasteiger partial charge in [0.05, 0.1) is 15.8 Å². The molecule has 1 aliphatic rings. The quantitative estimate of drug-likeness (QED) is 0.861. The molecule has 1 saturated heterocycles. The molecule has 1 aliphatic heterocycles. The van der Waals surface area contributed by atoms with E-state index in [9.17, 15) is 22.0 Å². The van der Waals surface area contributed by atoms with Crippen molar-refractivity contribution in [3.8, 4) is 5.75 Å². The summed E-state index contributed by atoms with van der Waals surface area (Å²) in [7, 11) is -3.95. The summed E-state index contributed by atoms with van der Waals surface area (Å²) in [5.41, 5.74) is 0. The Kier molecular flexibility index (Phi) is 5.43. The molecule has 0 spiro atoms. The lowest BCUT2D eigenvalue weighted by molar-refractivity contribution is -0.142. The van der Waals surface area contributed by atoms with Crippen LogP contribution >= 0.6 is 11.6 Å². The molecule has 1 unspecified atom stereocenters. The van der Waals surface area contributed by atoms with Crippen molar-refractivity contribution in [1.82, 2.24) is 4.31 Å². The summed E-state index contributed by atoms with van der Waals surface area (Å²) >= 11 is 5.76. The lowest BCUT2D eigenvalue weighted by Gasteiger charge is -2.29. The third kappa shape index (κ3) is 4.10. The van der Waals surface area contributed by atoms with Gasteiger partial charge >= 0.3 is 12.6 Å². The highest BCUT2D eigenvalue weighted by molar-refractivity contribution is 7.89. The maximum absolute atomic E-state index is 12.5. The number of rotatable bonds is 5. The van der Waals surface area contributed by atoms with Gasteiger partial charge in [0.1, 0.15) is 5.75 Å². The summed E-state index contributed by atoms with van der Waals surface area (Å²) in [6, 6.07) is 3.16. The van der Waals surface area contributed by atoms with E-state index in [0.717, 1.165) is 22.5 Å². The van der Waals surface area contributed by atoms with Crippen LogP contribution in [-0.4, -0.2) is 43.5 Å². The number of halogens is 3. The average molecular weight is 370 g/mol. The highest BCUT2D eigenvalue weighted by Crippen LogP contribution is 2.31. The fourth-order valence-electron chi connectivity index (χ4n) is 2.34. The van der Waals surface area contributed by atoms with Crippen molar-refractivity contribution in [1.29, 1.82) is 0 Å². The second-order valence-corrected chi connectivity index (χ2v) is 7.36. The standard InChI is InChI=1S/C13H14ClF2NO5S/c14-10-6-9(3-4-11(10)22-13(15)16)23(20,21)17-5-1-2-8(7-17)12(18)19/h3-4,6,8,13H,1-2,5,7H2,(H,18,19). The number of sulfonamides is 1. The number of benzene rings is 1. The van der Waals surface area contributed by atoms with Gasteiger partial charge in [0, 0.05) is 13.1 Å². The molecule has 10 heteroatoms. The molecule has 0 aliphatic carbocycles. The van der Waals surface area contributed by atoms with Gasteiger partial charge in [0.2, 0.25) is 10.0 Å². The van der Waals surface area contributed by atoms with Gasteiger partial charge in [-0.1, -0.05) is 11.6 Å². The maximum atomic E-state index is 12.5. The molecule has 1 heterocycles. The van der Waals surface area contributed by atoms with Crippen LogP contribution in [0.5, 0.6) is 5.75 Å². The van der Waals surface area contributed by atoms with Crippen molar-refractivity contribution >= 4 is 27.6 Å². The molecular weight excluding hydrogens is 356 g/mol. The van der Waals surface area contributed by atoms with Gasteiger partial charge in [-0.05, 0) is 31.0 Å². The van der Waals surface area contributed by atoms with E-state index in [1.54, 1.807) is 0 Å². The van der Waals surface area contributed by atoms with Crippen molar-refractivity contribution in [2.45, 2.75) is 24.3 Å². The Bertz CT molecular complexity index is 698. The molecule has 1 atom stereocenters. The summed E-state index contributed by atoms with van der Waals surface area (Å²) in [5, 5.41) is 8.76. The van der Waals surface area contributed by atoms with Crippen LogP contribution in [0.2, 0.25) is 5.02 Å². The lowest BCUT2D eigenvalue weighted by Crippen LogP contribution is -2.42. The predicted octanol–water partition coefficient (Wildman–Crippen LogP) is 2.43. The summed E-state index contributed by atoms with van der Waals surface area (Å²) in [5.74, 6) is -2.15. The molecule has 1 N–H and O–H groups in total. The number of carboxylic acids is 1. The van der Waals surface area contributed by atoms with E-state index in [1.807, 2.05) is 0 Å². The molecule has 23 heavy (non-hydrogen) atoms. The smallest absolute Gasteiger partial charge is 0.387 e. The van der Waals surface area contributed by atoms with Gasteiger partial charge in [-0.25, -0.2) is 8.42 Å².